The fraction of sp³-hybridized carbons (Fsp3) is 0.389. The molecule has 1 aliphatic heterocycles. The average molecular weight is 342 g/mol. The van der Waals surface area contributed by atoms with Crippen molar-refractivity contribution in [2.24, 2.45) is 0 Å². The summed E-state index contributed by atoms with van der Waals surface area (Å²) in [6.07, 6.45) is 3.42. The summed E-state index contributed by atoms with van der Waals surface area (Å²) in [7, 11) is 0. The number of oxazole rings is 1. The highest BCUT2D eigenvalue weighted by Gasteiger charge is 2.24. The van der Waals surface area contributed by atoms with Crippen LogP contribution in [0.2, 0.25) is 0 Å². The molecule has 3 amide bonds. The first-order valence-corrected chi connectivity index (χ1v) is 8.42. The van der Waals surface area contributed by atoms with Crippen molar-refractivity contribution in [1.29, 1.82) is 0 Å². The van der Waals surface area contributed by atoms with Crippen LogP contribution in [-0.4, -0.2) is 41.0 Å². The minimum atomic E-state index is -0.172. The van der Waals surface area contributed by atoms with Gasteiger partial charge in [-0.2, -0.15) is 0 Å². The number of aromatic nitrogens is 1. The minimum absolute atomic E-state index is 0.0171. The molecular weight excluding hydrogens is 320 g/mol. The molecular formula is C18H22N4O3. The molecule has 1 aliphatic rings. The highest BCUT2D eigenvalue weighted by atomic mass is 16.4. The molecule has 3 rings (SSSR count). The maximum Gasteiger partial charge on any atom is 0.317 e. The molecule has 0 aliphatic carbocycles. The molecule has 1 aromatic heterocycles. The van der Waals surface area contributed by atoms with E-state index in [9.17, 15) is 9.59 Å². The first-order chi connectivity index (χ1) is 12.1. The molecule has 1 aromatic carbocycles. The van der Waals surface area contributed by atoms with Crippen LogP contribution >= 0.6 is 0 Å². The Balaban J connectivity index is 1.52. The van der Waals surface area contributed by atoms with Gasteiger partial charge in [0.1, 0.15) is 0 Å². The largest absolute Gasteiger partial charge is 0.439 e. The Kier molecular flexibility index (Phi) is 5.33. The molecule has 25 heavy (non-hydrogen) atoms. The number of likely N-dealkylation sites (tertiary alicyclic amines) is 1. The average Bonchev–Trinajstić information content (AvgIpc) is 3.09. The summed E-state index contributed by atoms with van der Waals surface area (Å²) < 4.78 is 5.68. The van der Waals surface area contributed by atoms with Gasteiger partial charge < -0.3 is 20.0 Å². The first kappa shape index (κ1) is 17.0. The summed E-state index contributed by atoms with van der Waals surface area (Å²) in [6, 6.07) is 9.53. The second-order valence-electron chi connectivity index (χ2n) is 6.13. The number of benzene rings is 1. The van der Waals surface area contributed by atoms with E-state index in [4.69, 9.17) is 4.42 Å². The summed E-state index contributed by atoms with van der Waals surface area (Å²) in [6.45, 7) is 2.92. The molecule has 2 heterocycles. The van der Waals surface area contributed by atoms with Crippen molar-refractivity contribution in [3.63, 3.8) is 0 Å². The number of hydrogen-bond acceptors (Lipinski definition) is 4. The molecule has 2 N–H and O–H groups in total. The monoisotopic (exact) mass is 342 g/mol. The third kappa shape index (κ3) is 4.59. The zero-order chi connectivity index (χ0) is 17.6. The molecule has 1 fully saturated rings. The SMILES string of the molecule is CC(=O)N[C@H]1CCCN(C(=O)NCc2ncc(-c3ccccc3)o2)C1. The highest BCUT2D eigenvalue weighted by molar-refractivity contribution is 5.75. The van der Waals surface area contributed by atoms with Crippen LogP contribution in [0.25, 0.3) is 11.3 Å². The Labute approximate surface area is 146 Å². The fourth-order valence-corrected chi connectivity index (χ4v) is 2.96. The quantitative estimate of drug-likeness (QED) is 0.891. The van der Waals surface area contributed by atoms with E-state index >= 15 is 0 Å². The van der Waals surface area contributed by atoms with Crippen molar-refractivity contribution in [2.45, 2.75) is 32.4 Å². The molecule has 0 unspecified atom stereocenters. The van der Waals surface area contributed by atoms with Crippen molar-refractivity contribution in [3.05, 3.63) is 42.4 Å². The van der Waals surface area contributed by atoms with Crippen molar-refractivity contribution in [3.8, 4) is 11.3 Å². The summed E-state index contributed by atoms with van der Waals surface area (Å²) in [5.74, 6) is 1.07. The van der Waals surface area contributed by atoms with Gasteiger partial charge in [0.15, 0.2) is 5.76 Å². The maximum absolute atomic E-state index is 12.3. The zero-order valence-electron chi connectivity index (χ0n) is 14.2. The van der Waals surface area contributed by atoms with Crippen LogP contribution in [0.3, 0.4) is 0 Å². The van der Waals surface area contributed by atoms with Crippen LogP contribution in [0.4, 0.5) is 4.79 Å². The lowest BCUT2D eigenvalue weighted by Crippen LogP contribution is -2.51. The predicted molar refractivity (Wildman–Crippen MR) is 92.6 cm³/mol. The van der Waals surface area contributed by atoms with E-state index in [1.165, 1.54) is 6.92 Å². The number of hydrogen-bond donors (Lipinski definition) is 2. The van der Waals surface area contributed by atoms with Gasteiger partial charge in [-0.05, 0) is 12.8 Å². The minimum Gasteiger partial charge on any atom is -0.439 e. The van der Waals surface area contributed by atoms with E-state index < -0.39 is 0 Å². The van der Waals surface area contributed by atoms with Crippen LogP contribution in [0.1, 0.15) is 25.7 Å². The molecule has 2 aromatic rings. The number of carbonyl (C=O) groups excluding carboxylic acids is 2. The maximum atomic E-state index is 12.3. The van der Waals surface area contributed by atoms with Gasteiger partial charge >= 0.3 is 6.03 Å². The zero-order valence-corrected chi connectivity index (χ0v) is 14.2. The van der Waals surface area contributed by atoms with Gasteiger partial charge in [0, 0.05) is 31.6 Å². The van der Waals surface area contributed by atoms with Crippen molar-refractivity contribution < 1.29 is 14.0 Å². The van der Waals surface area contributed by atoms with Crippen LogP contribution in [0, 0.1) is 0 Å². The Morgan fingerprint density at radius 3 is 2.88 bits per heavy atom. The predicted octanol–water partition coefficient (Wildman–Crippen LogP) is 2.15. The van der Waals surface area contributed by atoms with Crippen molar-refractivity contribution in [2.75, 3.05) is 13.1 Å². The lowest BCUT2D eigenvalue weighted by Gasteiger charge is -2.32. The first-order valence-electron chi connectivity index (χ1n) is 8.42. The Morgan fingerprint density at radius 1 is 1.32 bits per heavy atom. The second-order valence-corrected chi connectivity index (χ2v) is 6.13. The van der Waals surface area contributed by atoms with Crippen LogP contribution in [-0.2, 0) is 11.3 Å². The fourth-order valence-electron chi connectivity index (χ4n) is 2.96. The Hall–Kier alpha value is -2.83. The standard InChI is InChI=1S/C18H22N4O3/c1-13(23)21-15-8-5-9-22(12-15)18(24)20-11-17-19-10-16(25-17)14-6-3-2-4-7-14/h2-4,6-7,10,15H,5,8-9,11-12H2,1H3,(H,20,24)(H,21,23)/t15-/m0/s1. The Morgan fingerprint density at radius 2 is 2.12 bits per heavy atom. The third-order valence-corrected chi connectivity index (χ3v) is 4.12. The number of nitrogens with one attached hydrogen (secondary N) is 2. The van der Waals surface area contributed by atoms with Crippen LogP contribution < -0.4 is 10.6 Å². The molecule has 1 saturated heterocycles. The van der Waals surface area contributed by atoms with E-state index in [0.717, 1.165) is 18.4 Å². The van der Waals surface area contributed by atoms with Gasteiger partial charge in [-0.25, -0.2) is 9.78 Å². The topological polar surface area (TPSA) is 87.5 Å². The van der Waals surface area contributed by atoms with E-state index in [1.807, 2.05) is 30.3 Å². The number of amides is 3. The molecule has 0 radical (unpaired) electrons. The van der Waals surface area contributed by atoms with Crippen LogP contribution in [0.5, 0.6) is 0 Å². The molecule has 7 heteroatoms. The number of urea groups is 1. The molecule has 0 spiro atoms. The van der Waals surface area contributed by atoms with E-state index in [2.05, 4.69) is 15.6 Å². The lowest BCUT2D eigenvalue weighted by molar-refractivity contribution is -0.119. The van der Waals surface area contributed by atoms with Gasteiger partial charge in [-0.15, -0.1) is 0 Å². The molecule has 7 nitrogen and oxygen atoms in total. The summed E-state index contributed by atoms with van der Waals surface area (Å²) in [4.78, 5) is 29.4. The number of rotatable bonds is 4. The van der Waals surface area contributed by atoms with E-state index in [1.54, 1.807) is 11.1 Å². The van der Waals surface area contributed by atoms with Crippen LogP contribution in [0.15, 0.2) is 40.9 Å². The number of nitrogens with zero attached hydrogens (tertiary/aromatic N) is 2. The van der Waals surface area contributed by atoms with E-state index in [0.29, 0.717) is 24.7 Å². The second kappa shape index (κ2) is 7.83. The van der Waals surface area contributed by atoms with Gasteiger partial charge in [0.25, 0.3) is 0 Å². The molecule has 0 saturated carbocycles. The van der Waals surface area contributed by atoms with Gasteiger partial charge in [-0.1, -0.05) is 30.3 Å². The van der Waals surface area contributed by atoms with Gasteiger partial charge in [-0.3, -0.25) is 4.79 Å². The Bertz CT molecular complexity index is 729. The molecule has 132 valence electrons. The molecule has 1 atom stereocenters. The number of piperidine rings is 1. The molecule has 0 bridgehead atoms. The van der Waals surface area contributed by atoms with Gasteiger partial charge in [0.05, 0.1) is 12.7 Å². The summed E-state index contributed by atoms with van der Waals surface area (Å²) in [5, 5.41) is 5.70. The summed E-state index contributed by atoms with van der Waals surface area (Å²) in [5.41, 5.74) is 0.946. The third-order valence-electron chi connectivity index (χ3n) is 4.12. The van der Waals surface area contributed by atoms with Crippen molar-refractivity contribution >= 4 is 11.9 Å². The van der Waals surface area contributed by atoms with E-state index in [-0.39, 0.29) is 24.5 Å². The van der Waals surface area contributed by atoms with Gasteiger partial charge in [0.2, 0.25) is 11.8 Å². The summed E-state index contributed by atoms with van der Waals surface area (Å²) >= 11 is 0. The smallest absolute Gasteiger partial charge is 0.317 e. The lowest BCUT2D eigenvalue weighted by atomic mass is 10.1. The highest BCUT2D eigenvalue weighted by Crippen LogP contribution is 2.19. The van der Waals surface area contributed by atoms with Crippen molar-refractivity contribution in [1.82, 2.24) is 20.5 Å². The normalized spacial score (nSPS) is 17.2. The number of carbonyl (C=O) groups is 2.